The molecule has 1 aromatic rings. The number of hydrogen-bond acceptors (Lipinski definition) is 8. The molecule has 10 N–H and O–H groups in total. The number of benzene rings is 1. The van der Waals surface area contributed by atoms with Crippen LogP contribution >= 0.6 is 0 Å². The van der Waals surface area contributed by atoms with Crippen LogP contribution in [0.15, 0.2) is 18.2 Å². The van der Waals surface area contributed by atoms with Crippen molar-refractivity contribution in [1.29, 1.82) is 0 Å². The summed E-state index contributed by atoms with van der Waals surface area (Å²) in [6, 6.07) is 2.60. The number of aliphatic carboxylic acids is 2. The van der Waals surface area contributed by atoms with Gasteiger partial charge in [0.15, 0.2) is 11.5 Å². The molecule has 0 fully saturated rings. The molecule has 0 aliphatic carbocycles. The van der Waals surface area contributed by atoms with Crippen LogP contribution < -0.4 is 11.5 Å². The van der Waals surface area contributed by atoms with Crippen molar-refractivity contribution in [2.24, 2.45) is 11.5 Å². The molecule has 11 heteroatoms. The highest BCUT2D eigenvalue weighted by molar-refractivity contribution is 5.91. The quantitative estimate of drug-likeness (QED) is 0.295. The minimum atomic E-state index is -1.27. The lowest BCUT2D eigenvalue weighted by Crippen LogP contribution is -2.39. The first-order valence-corrected chi connectivity index (χ1v) is 6.28. The molecule has 24 heavy (non-hydrogen) atoms. The van der Waals surface area contributed by atoms with E-state index in [4.69, 9.17) is 36.4 Å². The largest absolute Gasteiger partial charge is 0.504 e. The van der Waals surface area contributed by atoms with Gasteiger partial charge in [0.2, 0.25) is 0 Å². The number of rotatable bonds is 4. The van der Waals surface area contributed by atoms with Gasteiger partial charge in [-0.1, -0.05) is 6.07 Å². The predicted molar refractivity (Wildman–Crippen MR) is 80.7 cm³/mol. The third kappa shape index (κ3) is 9.94. The van der Waals surface area contributed by atoms with Gasteiger partial charge in [-0.2, -0.15) is 0 Å². The Bertz CT molecular complexity index is 560. The Hall–Kier alpha value is -2.89. The summed E-state index contributed by atoms with van der Waals surface area (Å²) in [4.78, 5) is 29.4. The van der Waals surface area contributed by atoms with E-state index in [0.717, 1.165) is 0 Å². The van der Waals surface area contributed by atoms with Gasteiger partial charge in [-0.25, -0.2) is 4.79 Å². The predicted octanol–water partition coefficient (Wildman–Crippen LogP) is -1.40. The maximum Gasteiger partial charge on any atom is 0.339 e. The summed E-state index contributed by atoms with van der Waals surface area (Å²) in [6.07, 6.45) is -0.979. The Labute approximate surface area is 136 Å². The van der Waals surface area contributed by atoms with E-state index in [0.29, 0.717) is 0 Å². The molecular weight excluding hydrogens is 328 g/mol. The van der Waals surface area contributed by atoms with E-state index in [1.165, 1.54) is 25.1 Å². The second kappa shape index (κ2) is 11.6. The average Bonchev–Trinajstić information content (AvgIpc) is 2.49. The normalized spacial score (nSPS) is 11.7. The zero-order valence-corrected chi connectivity index (χ0v) is 12.7. The molecule has 0 aromatic heterocycles. The van der Waals surface area contributed by atoms with E-state index in [-0.39, 0.29) is 12.1 Å². The van der Waals surface area contributed by atoms with Crippen molar-refractivity contribution in [3.05, 3.63) is 23.8 Å². The molecule has 1 aromatic carbocycles. The molecule has 136 valence electrons. The number of carbonyl (C=O) groups is 3. The van der Waals surface area contributed by atoms with E-state index in [1.807, 2.05) is 0 Å². The van der Waals surface area contributed by atoms with Gasteiger partial charge in [0.1, 0.15) is 11.6 Å². The minimum Gasteiger partial charge on any atom is -0.504 e. The summed E-state index contributed by atoms with van der Waals surface area (Å²) < 4.78 is 0. The molecule has 0 aliphatic rings. The Morgan fingerprint density at radius 3 is 1.79 bits per heavy atom. The highest BCUT2D eigenvalue weighted by Crippen LogP contribution is 2.27. The number of carboxylic acid groups (broad SMARTS) is 3. The van der Waals surface area contributed by atoms with Crippen LogP contribution in [0.5, 0.6) is 11.5 Å². The van der Waals surface area contributed by atoms with Crippen LogP contribution in [0.25, 0.3) is 0 Å². The summed E-state index contributed by atoms with van der Waals surface area (Å²) in [5.41, 5.74) is 9.18. The summed E-state index contributed by atoms with van der Waals surface area (Å²) in [5, 5.41) is 50.3. The van der Waals surface area contributed by atoms with Crippen LogP contribution in [0.4, 0.5) is 0 Å². The summed E-state index contributed by atoms with van der Waals surface area (Å²) in [7, 11) is 0. The van der Waals surface area contributed by atoms with E-state index >= 15 is 0 Å². The molecule has 0 saturated heterocycles. The van der Waals surface area contributed by atoms with Crippen molar-refractivity contribution in [3.63, 3.8) is 0 Å². The average molecular weight is 348 g/mol. The van der Waals surface area contributed by atoms with Crippen LogP contribution in [-0.4, -0.2) is 67.2 Å². The van der Waals surface area contributed by atoms with E-state index in [9.17, 15) is 14.4 Å². The Balaban J connectivity index is 0. The molecule has 0 bridgehead atoms. The fourth-order valence-electron chi connectivity index (χ4n) is 0.910. The van der Waals surface area contributed by atoms with Crippen molar-refractivity contribution in [3.8, 4) is 11.5 Å². The number of aromatic hydroxyl groups is 2. The van der Waals surface area contributed by atoms with Crippen LogP contribution in [0, 0.1) is 0 Å². The summed E-state index contributed by atoms with van der Waals surface area (Å²) >= 11 is 0. The van der Waals surface area contributed by atoms with Gasteiger partial charge >= 0.3 is 17.9 Å². The molecule has 0 aliphatic heterocycles. The van der Waals surface area contributed by atoms with E-state index < -0.39 is 41.6 Å². The lowest BCUT2D eigenvalue weighted by molar-refractivity contribution is -0.141. The third-order valence-corrected chi connectivity index (χ3v) is 2.22. The van der Waals surface area contributed by atoms with Gasteiger partial charge < -0.3 is 42.1 Å². The van der Waals surface area contributed by atoms with Crippen molar-refractivity contribution < 1.29 is 45.0 Å². The smallest absolute Gasteiger partial charge is 0.339 e. The lowest BCUT2D eigenvalue weighted by atomic mass is 10.2. The van der Waals surface area contributed by atoms with Gasteiger partial charge in [0.05, 0.1) is 12.6 Å². The maximum absolute atomic E-state index is 10.3. The van der Waals surface area contributed by atoms with Crippen molar-refractivity contribution >= 4 is 17.9 Å². The molecule has 11 nitrogen and oxygen atoms in total. The standard InChI is InChI=1S/C7H6O4.C4H9NO3.C2H5NO2/c8-5-3-1-2-4(6(5)9)7(10)11;1-2(6)3(5)4(7)8;3-1-2(4)5/h1-3,8-9H,(H,10,11);2-3,6H,5H2,1H3,(H,7,8);1,3H2,(H,4,5)/t;2-,3+;/m.1./s1. The van der Waals surface area contributed by atoms with Crippen molar-refractivity contribution in [2.45, 2.75) is 19.1 Å². The molecule has 0 unspecified atom stereocenters. The first kappa shape index (κ1) is 23.4. The topological polar surface area (TPSA) is 225 Å². The summed E-state index contributed by atoms with van der Waals surface area (Å²) in [5.74, 6) is -4.44. The van der Waals surface area contributed by atoms with Crippen LogP contribution in [0.3, 0.4) is 0 Å². The SMILES string of the molecule is C[C@@H](O)[C@H](N)C(=O)O.NCC(=O)O.O=C(O)c1cccc(O)c1O. The molecule has 0 amide bonds. The minimum absolute atomic E-state index is 0.278. The van der Waals surface area contributed by atoms with Gasteiger partial charge in [0, 0.05) is 0 Å². The Kier molecular flexibility index (Phi) is 11.3. The van der Waals surface area contributed by atoms with Crippen LogP contribution in [0.1, 0.15) is 17.3 Å². The second-order valence-corrected chi connectivity index (χ2v) is 4.18. The number of nitrogens with two attached hydrogens (primary N) is 2. The molecule has 0 radical (unpaired) electrons. The van der Waals surface area contributed by atoms with Gasteiger partial charge in [0.25, 0.3) is 0 Å². The number of aliphatic hydroxyl groups is 1. The number of hydrogen-bond donors (Lipinski definition) is 8. The molecule has 0 saturated carbocycles. The molecule has 0 heterocycles. The highest BCUT2D eigenvalue weighted by Gasteiger charge is 2.16. The maximum atomic E-state index is 10.3. The summed E-state index contributed by atoms with van der Waals surface area (Å²) in [6.45, 7) is 1.05. The zero-order chi connectivity index (χ0) is 19.4. The first-order chi connectivity index (χ1) is 10.9. The van der Waals surface area contributed by atoms with Crippen molar-refractivity contribution in [1.82, 2.24) is 0 Å². The first-order valence-electron chi connectivity index (χ1n) is 6.28. The number of phenolic OH excluding ortho intramolecular Hbond substituents is 1. The number of aromatic carboxylic acids is 1. The molecule has 2 atom stereocenters. The monoisotopic (exact) mass is 348 g/mol. The zero-order valence-electron chi connectivity index (χ0n) is 12.7. The highest BCUT2D eigenvalue weighted by atomic mass is 16.4. The number of phenols is 2. The van der Waals surface area contributed by atoms with Crippen molar-refractivity contribution in [2.75, 3.05) is 6.54 Å². The van der Waals surface area contributed by atoms with Crippen LogP contribution in [0.2, 0.25) is 0 Å². The van der Waals surface area contributed by atoms with E-state index in [2.05, 4.69) is 5.73 Å². The fraction of sp³-hybridized carbons (Fsp3) is 0.308. The van der Waals surface area contributed by atoms with Gasteiger partial charge in [-0.05, 0) is 19.1 Å². The molecule has 1 rings (SSSR count). The Morgan fingerprint density at radius 2 is 1.58 bits per heavy atom. The third-order valence-electron chi connectivity index (χ3n) is 2.22. The molecule has 0 spiro atoms. The van der Waals surface area contributed by atoms with Gasteiger partial charge in [-0.3, -0.25) is 9.59 Å². The number of carboxylic acids is 3. The number of aliphatic hydroxyl groups excluding tert-OH is 1. The number of para-hydroxylation sites is 1. The van der Waals surface area contributed by atoms with E-state index in [1.54, 1.807) is 0 Å². The second-order valence-electron chi connectivity index (χ2n) is 4.18. The lowest BCUT2D eigenvalue weighted by Gasteiger charge is -2.06. The Morgan fingerprint density at radius 1 is 1.12 bits per heavy atom. The van der Waals surface area contributed by atoms with Crippen LogP contribution in [-0.2, 0) is 9.59 Å². The molecular formula is C13H20N2O9. The fourth-order valence-corrected chi connectivity index (χ4v) is 0.910. The van der Waals surface area contributed by atoms with Gasteiger partial charge in [-0.15, -0.1) is 0 Å².